The topological polar surface area (TPSA) is 72.7 Å². The molecule has 1 heterocycles. The lowest BCUT2D eigenvalue weighted by molar-refractivity contribution is -0.115. The molecule has 0 atom stereocenters. The largest absolute Gasteiger partial charge is 0.324 e. The number of anilines is 1. The molecule has 0 spiro atoms. The molecule has 2 aromatic rings. The summed E-state index contributed by atoms with van der Waals surface area (Å²) in [7, 11) is 1.66. The van der Waals surface area contributed by atoms with Crippen LogP contribution in [-0.4, -0.2) is 26.1 Å². The summed E-state index contributed by atoms with van der Waals surface area (Å²) >= 11 is 11.8. The zero-order valence-electron chi connectivity index (χ0n) is 9.39. The van der Waals surface area contributed by atoms with Gasteiger partial charge in [0.25, 0.3) is 0 Å². The molecule has 1 aromatic heterocycles. The van der Waals surface area contributed by atoms with Crippen molar-refractivity contribution in [2.45, 2.75) is 6.42 Å². The SMILES string of the molecule is Cn1nnnc1CC(=O)Nc1cccc(Cl)c1Cl. The highest BCUT2D eigenvalue weighted by Crippen LogP contribution is 2.29. The molecule has 1 amide bonds. The van der Waals surface area contributed by atoms with Crippen molar-refractivity contribution in [1.82, 2.24) is 20.2 Å². The van der Waals surface area contributed by atoms with Gasteiger partial charge in [-0.2, -0.15) is 0 Å². The molecule has 8 heteroatoms. The van der Waals surface area contributed by atoms with Gasteiger partial charge in [0.2, 0.25) is 5.91 Å². The second kappa shape index (κ2) is 5.32. The number of aryl methyl sites for hydroxylation is 1. The van der Waals surface area contributed by atoms with E-state index in [1.807, 2.05) is 0 Å². The van der Waals surface area contributed by atoms with Crippen molar-refractivity contribution in [3.8, 4) is 0 Å². The molecule has 0 saturated heterocycles. The molecule has 0 fully saturated rings. The van der Waals surface area contributed by atoms with Gasteiger partial charge in [-0.1, -0.05) is 29.3 Å². The fraction of sp³-hybridized carbons (Fsp3) is 0.200. The first-order valence-electron chi connectivity index (χ1n) is 5.03. The fourth-order valence-electron chi connectivity index (χ4n) is 1.34. The van der Waals surface area contributed by atoms with Crippen LogP contribution in [0.5, 0.6) is 0 Å². The summed E-state index contributed by atoms with van der Waals surface area (Å²) in [4.78, 5) is 11.8. The normalized spacial score (nSPS) is 10.4. The van der Waals surface area contributed by atoms with Crippen molar-refractivity contribution in [2.75, 3.05) is 5.32 Å². The first-order valence-corrected chi connectivity index (χ1v) is 5.78. The van der Waals surface area contributed by atoms with Crippen molar-refractivity contribution in [3.63, 3.8) is 0 Å². The van der Waals surface area contributed by atoms with E-state index in [0.29, 0.717) is 21.6 Å². The predicted octanol–water partition coefficient (Wildman–Crippen LogP) is 1.70. The van der Waals surface area contributed by atoms with E-state index in [1.54, 1.807) is 25.2 Å². The molecule has 2 rings (SSSR count). The van der Waals surface area contributed by atoms with Gasteiger partial charge in [0.05, 0.1) is 22.2 Å². The summed E-state index contributed by atoms with van der Waals surface area (Å²) in [5.74, 6) is 0.197. The van der Waals surface area contributed by atoms with Crippen LogP contribution in [0.15, 0.2) is 18.2 Å². The third kappa shape index (κ3) is 2.77. The lowest BCUT2D eigenvalue weighted by Gasteiger charge is -2.07. The molecule has 1 aromatic carbocycles. The zero-order valence-corrected chi connectivity index (χ0v) is 10.9. The van der Waals surface area contributed by atoms with Gasteiger partial charge in [0.1, 0.15) is 0 Å². The zero-order chi connectivity index (χ0) is 13.1. The Kier molecular flexibility index (Phi) is 3.78. The third-order valence-corrected chi connectivity index (χ3v) is 3.07. The summed E-state index contributed by atoms with van der Waals surface area (Å²) in [5.41, 5.74) is 0.462. The Morgan fingerprint density at radius 3 is 2.89 bits per heavy atom. The Morgan fingerprint density at radius 1 is 1.44 bits per heavy atom. The van der Waals surface area contributed by atoms with Crippen molar-refractivity contribution < 1.29 is 4.79 Å². The van der Waals surface area contributed by atoms with E-state index >= 15 is 0 Å². The van der Waals surface area contributed by atoms with Gasteiger partial charge < -0.3 is 5.32 Å². The summed E-state index contributed by atoms with van der Waals surface area (Å²) in [6, 6.07) is 5.01. The van der Waals surface area contributed by atoms with Gasteiger partial charge in [0.15, 0.2) is 5.82 Å². The predicted molar refractivity (Wildman–Crippen MR) is 67.6 cm³/mol. The molecule has 0 unspecified atom stereocenters. The van der Waals surface area contributed by atoms with E-state index in [-0.39, 0.29) is 12.3 Å². The molecule has 0 radical (unpaired) electrons. The van der Waals surface area contributed by atoms with E-state index < -0.39 is 0 Å². The molecule has 6 nitrogen and oxygen atoms in total. The Bertz CT molecular complexity index is 583. The quantitative estimate of drug-likeness (QED) is 0.932. The van der Waals surface area contributed by atoms with Crippen LogP contribution in [-0.2, 0) is 18.3 Å². The number of hydrogen-bond donors (Lipinski definition) is 1. The second-order valence-corrected chi connectivity index (χ2v) is 4.33. The summed E-state index contributed by atoms with van der Waals surface area (Å²) in [6.07, 6.45) is 0.0618. The maximum absolute atomic E-state index is 11.8. The minimum Gasteiger partial charge on any atom is -0.324 e. The van der Waals surface area contributed by atoms with Gasteiger partial charge in [0, 0.05) is 7.05 Å². The molecular weight excluding hydrogens is 277 g/mol. The molecule has 0 saturated carbocycles. The van der Waals surface area contributed by atoms with Gasteiger partial charge in [-0.25, -0.2) is 4.68 Å². The van der Waals surface area contributed by atoms with Crippen LogP contribution >= 0.6 is 23.2 Å². The highest BCUT2D eigenvalue weighted by molar-refractivity contribution is 6.43. The van der Waals surface area contributed by atoms with Gasteiger partial charge >= 0.3 is 0 Å². The molecule has 18 heavy (non-hydrogen) atoms. The molecule has 0 bridgehead atoms. The van der Waals surface area contributed by atoms with Crippen LogP contribution in [0.4, 0.5) is 5.69 Å². The standard InChI is InChI=1S/C10H9Cl2N5O/c1-17-8(14-15-16-17)5-9(18)13-7-4-2-3-6(11)10(7)12/h2-4H,5H2,1H3,(H,13,18). The van der Waals surface area contributed by atoms with E-state index in [4.69, 9.17) is 23.2 Å². The number of nitrogens with zero attached hydrogens (tertiary/aromatic N) is 4. The number of halogens is 2. The van der Waals surface area contributed by atoms with Crippen LogP contribution in [0.2, 0.25) is 10.0 Å². The second-order valence-electron chi connectivity index (χ2n) is 3.55. The van der Waals surface area contributed by atoms with E-state index in [2.05, 4.69) is 20.8 Å². The third-order valence-electron chi connectivity index (χ3n) is 2.25. The van der Waals surface area contributed by atoms with Crippen molar-refractivity contribution >= 4 is 34.8 Å². The molecule has 0 aliphatic rings. The number of nitrogens with one attached hydrogen (secondary N) is 1. The summed E-state index contributed by atoms with van der Waals surface area (Å²) < 4.78 is 1.43. The summed E-state index contributed by atoms with van der Waals surface area (Å²) in [6.45, 7) is 0. The number of carbonyl (C=O) groups is 1. The minimum absolute atomic E-state index is 0.0618. The molecular formula is C10H9Cl2N5O. The number of tetrazole rings is 1. The van der Waals surface area contributed by atoms with Crippen molar-refractivity contribution in [3.05, 3.63) is 34.1 Å². The number of carbonyl (C=O) groups excluding carboxylic acids is 1. The van der Waals surface area contributed by atoms with Gasteiger partial charge in [-0.3, -0.25) is 4.79 Å². The number of aromatic nitrogens is 4. The van der Waals surface area contributed by atoms with E-state index in [1.165, 1.54) is 4.68 Å². The Morgan fingerprint density at radius 2 is 2.22 bits per heavy atom. The minimum atomic E-state index is -0.267. The molecule has 0 aliphatic carbocycles. The monoisotopic (exact) mass is 285 g/mol. The average molecular weight is 286 g/mol. The molecule has 0 aliphatic heterocycles. The lowest BCUT2D eigenvalue weighted by atomic mass is 10.3. The van der Waals surface area contributed by atoms with Crippen LogP contribution < -0.4 is 5.32 Å². The average Bonchev–Trinajstić information content (AvgIpc) is 2.71. The Balaban J connectivity index is 2.08. The fourth-order valence-corrected chi connectivity index (χ4v) is 1.68. The van der Waals surface area contributed by atoms with Gasteiger partial charge in [-0.15, -0.1) is 5.10 Å². The number of amides is 1. The van der Waals surface area contributed by atoms with Crippen LogP contribution in [0.25, 0.3) is 0 Å². The highest BCUT2D eigenvalue weighted by Gasteiger charge is 2.12. The van der Waals surface area contributed by atoms with Crippen molar-refractivity contribution in [2.24, 2.45) is 7.05 Å². The number of hydrogen-bond acceptors (Lipinski definition) is 4. The van der Waals surface area contributed by atoms with Gasteiger partial charge in [-0.05, 0) is 22.6 Å². The van der Waals surface area contributed by atoms with Crippen molar-refractivity contribution in [1.29, 1.82) is 0 Å². The first kappa shape index (κ1) is 12.8. The van der Waals surface area contributed by atoms with E-state index in [0.717, 1.165) is 0 Å². The first-order chi connectivity index (χ1) is 8.58. The Labute approximate surface area is 113 Å². The molecule has 94 valence electrons. The number of benzene rings is 1. The van der Waals surface area contributed by atoms with Crippen LogP contribution in [0.3, 0.4) is 0 Å². The number of rotatable bonds is 3. The smallest absolute Gasteiger partial charge is 0.232 e. The highest BCUT2D eigenvalue weighted by atomic mass is 35.5. The maximum atomic E-state index is 11.8. The summed E-state index contributed by atoms with van der Waals surface area (Å²) in [5, 5.41) is 14.2. The molecule has 1 N–H and O–H groups in total. The van der Waals surface area contributed by atoms with Crippen LogP contribution in [0, 0.1) is 0 Å². The van der Waals surface area contributed by atoms with Crippen LogP contribution in [0.1, 0.15) is 5.82 Å². The maximum Gasteiger partial charge on any atom is 0.232 e. The lowest BCUT2D eigenvalue weighted by Crippen LogP contribution is -2.17. The Hall–Kier alpha value is -1.66. The van der Waals surface area contributed by atoms with E-state index in [9.17, 15) is 4.79 Å².